The second-order valence-corrected chi connectivity index (χ2v) is 7.14. The van der Waals surface area contributed by atoms with Gasteiger partial charge in [0.25, 0.3) is 5.91 Å². The van der Waals surface area contributed by atoms with Crippen LogP contribution in [0.5, 0.6) is 0 Å². The number of likely N-dealkylation sites (N-methyl/N-ethyl adjacent to an activating group) is 1. The molecule has 0 aliphatic carbocycles. The zero-order chi connectivity index (χ0) is 17.8. The van der Waals surface area contributed by atoms with Crippen molar-refractivity contribution in [2.75, 3.05) is 45.8 Å². The van der Waals surface area contributed by atoms with Crippen LogP contribution in [0.25, 0.3) is 0 Å². The Balaban J connectivity index is 1.52. The van der Waals surface area contributed by atoms with Crippen LogP contribution in [0.2, 0.25) is 0 Å². The maximum Gasteiger partial charge on any atom is 0.254 e. The summed E-state index contributed by atoms with van der Waals surface area (Å²) >= 11 is 0. The summed E-state index contributed by atoms with van der Waals surface area (Å²) in [4.78, 5) is 31.8. The molecule has 0 bridgehead atoms. The maximum atomic E-state index is 12.8. The van der Waals surface area contributed by atoms with Crippen LogP contribution in [-0.4, -0.2) is 72.3 Å². The first-order valence-electron chi connectivity index (χ1n) is 9.46. The lowest BCUT2D eigenvalue weighted by Gasteiger charge is -2.38. The van der Waals surface area contributed by atoms with Crippen LogP contribution < -0.4 is 0 Å². The average molecular weight is 343 g/mol. The lowest BCUT2D eigenvalue weighted by molar-refractivity contribution is -0.138. The third-order valence-corrected chi connectivity index (χ3v) is 5.64. The Morgan fingerprint density at radius 1 is 0.960 bits per heavy atom. The fraction of sp³-hybridized carbons (Fsp3) is 0.600. The van der Waals surface area contributed by atoms with E-state index in [0.29, 0.717) is 19.0 Å². The zero-order valence-electron chi connectivity index (χ0n) is 15.4. The predicted octanol–water partition coefficient (Wildman–Crippen LogP) is 2.01. The average Bonchev–Trinajstić information content (AvgIpc) is 2.67. The van der Waals surface area contributed by atoms with Gasteiger partial charge in [-0.05, 0) is 37.9 Å². The second kappa shape index (κ2) is 8.00. The number of piperidine rings is 1. The first-order valence-corrected chi connectivity index (χ1v) is 9.46. The number of hydrogen-bond acceptors (Lipinski definition) is 3. The van der Waals surface area contributed by atoms with Crippen LogP contribution in [-0.2, 0) is 4.79 Å². The van der Waals surface area contributed by atoms with Gasteiger partial charge >= 0.3 is 0 Å². The molecule has 2 aliphatic heterocycles. The summed E-state index contributed by atoms with van der Waals surface area (Å²) in [5.41, 5.74) is 1.79. The quantitative estimate of drug-likeness (QED) is 0.843. The number of nitrogens with zero attached hydrogens (tertiary/aromatic N) is 3. The van der Waals surface area contributed by atoms with Crippen LogP contribution in [0.15, 0.2) is 24.3 Å². The van der Waals surface area contributed by atoms with Gasteiger partial charge in [-0.2, -0.15) is 0 Å². The molecular formula is C20H29N3O2. The molecule has 3 rings (SSSR count). The van der Waals surface area contributed by atoms with Gasteiger partial charge in [-0.25, -0.2) is 0 Å². The van der Waals surface area contributed by atoms with E-state index < -0.39 is 0 Å². The third-order valence-electron chi connectivity index (χ3n) is 5.64. The van der Waals surface area contributed by atoms with Gasteiger partial charge in [-0.3, -0.25) is 9.59 Å². The number of amides is 2. The molecule has 0 unspecified atom stereocenters. The predicted molar refractivity (Wildman–Crippen MR) is 98.5 cm³/mol. The van der Waals surface area contributed by atoms with Gasteiger partial charge in [-0.1, -0.05) is 25.1 Å². The van der Waals surface area contributed by atoms with Gasteiger partial charge in [0.15, 0.2) is 0 Å². The Morgan fingerprint density at radius 2 is 1.60 bits per heavy atom. The first-order chi connectivity index (χ1) is 12.1. The Hall–Kier alpha value is -1.88. The number of piperazine rings is 1. The molecule has 0 spiro atoms. The molecule has 5 nitrogen and oxygen atoms in total. The maximum absolute atomic E-state index is 12.8. The van der Waals surface area contributed by atoms with Crippen molar-refractivity contribution in [3.8, 4) is 0 Å². The van der Waals surface area contributed by atoms with Crippen molar-refractivity contribution in [3.05, 3.63) is 35.4 Å². The highest BCUT2D eigenvalue weighted by molar-refractivity contribution is 5.95. The van der Waals surface area contributed by atoms with Crippen molar-refractivity contribution in [2.24, 2.45) is 5.92 Å². The second-order valence-electron chi connectivity index (χ2n) is 7.14. The van der Waals surface area contributed by atoms with E-state index in [-0.39, 0.29) is 11.8 Å². The van der Waals surface area contributed by atoms with Gasteiger partial charge in [-0.15, -0.1) is 0 Å². The molecule has 2 amide bonds. The number of carbonyl (C=O) groups is 2. The van der Waals surface area contributed by atoms with E-state index in [4.69, 9.17) is 0 Å². The highest BCUT2D eigenvalue weighted by Crippen LogP contribution is 2.22. The summed E-state index contributed by atoms with van der Waals surface area (Å²) < 4.78 is 0. The Labute approximate surface area is 150 Å². The van der Waals surface area contributed by atoms with Crippen molar-refractivity contribution >= 4 is 11.8 Å². The fourth-order valence-electron chi connectivity index (χ4n) is 3.86. The van der Waals surface area contributed by atoms with Crippen molar-refractivity contribution in [2.45, 2.75) is 26.7 Å². The minimum atomic E-state index is 0.0779. The van der Waals surface area contributed by atoms with E-state index in [0.717, 1.165) is 56.7 Å². The number of likely N-dealkylation sites (tertiary alicyclic amines) is 1. The molecule has 5 heteroatoms. The first kappa shape index (κ1) is 17.9. The minimum absolute atomic E-state index is 0.0779. The topological polar surface area (TPSA) is 43.9 Å². The lowest BCUT2D eigenvalue weighted by Crippen LogP contribution is -2.51. The fourth-order valence-corrected chi connectivity index (χ4v) is 3.86. The summed E-state index contributed by atoms with van der Waals surface area (Å²) in [6.45, 7) is 10.2. The molecule has 0 aromatic heterocycles. The molecule has 1 aromatic carbocycles. The van der Waals surface area contributed by atoms with E-state index in [1.807, 2.05) is 41.0 Å². The van der Waals surface area contributed by atoms with Crippen LogP contribution in [0.4, 0.5) is 0 Å². The van der Waals surface area contributed by atoms with Crippen molar-refractivity contribution in [1.29, 1.82) is 0 Å². The number of aryl methyl sites for hydroxylation is 1. The van der Waals surface area contributed by atoms with E-state index in [9.17, 15) is 9.59 Å². The normalized spacial score (nSPS) is 19.9. The van der Waals surface area contributed by atoms with E-state index >= 15 is 0 Å². The van der Waals surface area contributed by atoms with Crippen LogP contribution in [0.1, 0.15) is 35.7 Å². The van der Waals surface area contributed by atoms with Gasteiger partial charge in [0.1, 0.15) is 0 Å². The summed E-state index contributed by atoms with van der Waals surface area (Å²) in [7, 11) is 0. The van der Waals surface area contributed by atoms with Gasteiger partial charge in [0.2, 0.25) is 5.91 Å². The number of hydrogen-bond donors (Lipinski definition) is 0. The molecule has 0 N–H and O–H groups in total. The smallest absolute Gasteiger partial charge is 0.254 e. The molecule has 136 valence electrons. The molecule has 1 aromatic rings. The summed E-state index contributed by atoms with van der Waals surface area (Å²) in [5, 5.41) is 0. The van der Waals surface area contributed by atoms with Crippen molar-refractivity contribution in [3.63, 3.8) is 0 Å². The lowest BCUT2D eigenvalue weighted by atomic mass is 9.94. The molecule has 25 heavy (non-hydrogen) atoms. The summed E-state index contributed by atoms with van der Waals surface area (Å²) in [6, 6.07) is 7.73. The number of benzene rings is 1. The molecule has 0 atom stereocenters. The highest BCUT2D eigenvalue weighted by Gasteiger charge is 2.31. The molecule has 0 saturated carbocycles. The standard InChI is InChI=1S/C20H29N3O2/c1-3-21-12-14-23(15-13-21)19(24)17-8-10-22(11-9-17)20(25)18-7-5-4-6-16(18)2/h4-7,17H,3,8-15H2,1-2H3. The van der Waals surface area contributed by atoms with E-state index in [1.165, 1.54) is 0 Å². The molecule has 2 saturated heterocycles. The van der Waals surface area contributed by atoms with Gasteiger partial charge in [0, 0.05) is 50.7 Å². The third kappa shape index (κ3) is 4.03. The summed E-state index contributed by atoms with van der Waals surface area (Å²) in [5.74, 6) is 0.466. The van der Waals surface area contributed by atoms with E-state index in [1.54, 1.807) is 0 Å². The molecule has 2 fully saturated rings. The van der Waals surface area contributed by atoms with Crippen LogP contribution >= 0.6 is 0 Å². The largest absolute Gasteiger partial charge is 0.340 e. The Bertz CT molecular complexity index is 615. The van der Waals surface area contributed by atoms with Crippen molar-refractivity contribution < 1.29 is 9.59 Å². The SMILES string of the molecule is CCN1CCN(C(=O)C2CCN(C(=O)c3ccccc3C)CC2)CC1. The summed E-state index contributed by atoms with van der Waals surface area (Å²) in [6.07, 6.45) is 1.56. The molecule has 2 heterocycles. The zero-order valence-corrected chi connectivity index (χ0v) is 15.4. The minimum Gasteiger partial charge on any atom is -0.340 e. The number of rotatable bonds is 3. The van der Waals surface area contributed by atoms with Crippen LogP contribution in [0.3, 0.4) is 0 Å². The number of carbonyl (C=O) groups excluding carboxylic acids is 2. The molecular weight excluding hydrogens is 314 g/mol. The van der Waals surface area contributed by atoms with Crippen molar-refractivity contribution in [1.82, 2.24) is 14.7 Å². The van der Waals surface area contributed by atoms with Gasteiger partial charge in [0.05, 0.1) is 0 Å². The van der Waals surface area contributed by atoms with Crippen LogP contribution in [0, 0.1) is 12.8 Å². The highest BCUT2D eigenvalue weighted by atomic mass is 16.2. The Morgan fingerprint density at radius 3 is 2.20 bits per heavy atom. The Kier molecular flexibility index (Phi) is 5.74. The van der Waals surface area contributed by atoms with E-state index in [2.05, 4.69) is 11.8 Å². The molecule has 2 aliphatic rings. The molecule has 0 radical (unpaired) electrons. The van der Waals surface area contributed by atoms with Gasteiger partial charge < -0.3 is 14.7 Å². The monoisotopic (exact) mass is 343 g/mol.